The average Bonchev–Trinajstić information content (AvgIpc) is 2.34. The number of nitro benzene ring substituents is 1. The number of hydrogen-bond donors (Lipinski definition) is 1. The lowest BCUT2D eigenvalue weighted by atomic mass is 9.80. The third-order valence-corrected chi connectivity index (χ3v) is 4.07. The van der Waals surface area contributed by atoms with Gasteiger partial charge in [-0.1, -0.05) is 11.6 Å². The van der Waals surface area contributed by atoms with Crippen LogP contribution in [0.4, 0.5) is 5.69 Å². The highest BCUT2D eigenvalue weighted by Gasteiger charge is 2.36. The van der Waals surface area contributed by atoms with E-state index < -0.39 is 4.92 Å². The number of nitrogens with one attached hydrogen (secondary N) is 1. The van der Waals surface area contributed by atoms with Gasteiger partial charge in [-0.2, -0.15) is 0 Å². The highest BCUT2D eigenvalue weighted by atomic mass is 35.5. The van der Waals surface area contributed by atoms with Crippen molar-refractivity contribution in [1.29, 1.82) is 0 Å². The summed E-state index contributed by atoms with van der Waals surface area (Å²) in [5.41, 5.74) is 0.737. The number of halogens is 1. The Morgan fingerprint density at radius 2 is 2.26 bits per heavy atom. The molecule has 1 aliphatic rings. The summed E-state index contributed by atoms with van der Waals surface area (Å²) in [6.07, 6.45) is 3.30. The van der Waals surface area contributed by atoms with Crippen molar-refractivity contribution in [3.8, 4) is 0 Å². The Morgan fingerprint density at radius 1 is 1.53 bits per heavy atom. The molecule has 0 amide bonds. The lowest BCUT2D eigenvalue weighted by Gasteiger charge is -2.40. The summed E-state index contributed by atoms with van der Waals surface area (Å²) >= 11 is 6.04. The van der Waals surface area contributed by atoms with Crippen LogP contribution in [0.5, 0.6) is 0 Å². The molecule has 6 heteroatoms. The predicted molar refractivity (Wildman–Crippen MR) is 73.4 cm³/mol. The molecule has 104 valence electrons. The first-order chi connectivity index (χ1) is 9.06. The molecule has 1 aromatic rings. The smallest absolute Gasteiger partial charge is 0.269 e. The first-order valence-electron chi connectivity index (χ1n) is 6.25. The van der Waals surface area contributed by atoms with Crippen LogP contribution in [0.2, 0.25) is 5.02 Å². The third kappa shape index (κ3) is 3.23. The minimum Gasteiger partial charge on any atom is -0.377 e. The summed E-state index contributed by atoms with van der Waals surface area (Å²) in [7, 11) is 1.72. The highest BCUT2D eigenvalue weighted by Crippen LogP contribution is 2.34. The number of rotatable bonds is 6. The summed E-state index contributed by atoms with van der Waals surface area (Å²) in [6, 6.07) is 4.48. The molecule has 1 aliphatic carbocycles. The van der Waals surface area contributed by atoms with Crippen molar-refractivity contribution in [3.05, 3.63) is 38.9 Å². The van der Waals surface area contributed by atoms with Crippen LogP contribution >= 0.6 is 11.6 Å². The Balaban J connectivity index is 1.95. The Hall–Kier alpha value is -1.17. The van der Waals surface area contributed by atoms with Crippen molar-refractivity contribution in [2.75, 3.05) is 13.7 Å². The average molecular weight is 285 g/mol. The van der Waals surface area contributed by atoms with E-state index in [9.17, 15) is 10.1 Å². The summed E-state index contributed by atoms with van der Waals surface area (Å²) in [5, 5.41) is 14.5. The lowest BCUT2D eigenvalue weighted by molar-refractivity contribution is -0.384. The maximum atomic E-state index is 10.7. The molecular weight excluding hydrogens is 268 g/mol. The Kier molecular flexibility index (Phi) is 4.39. The van der Waals surface area contributed by atoms with Crippen LogP contribution in [0.3, 0.4) is 0 Å². The number of hydrogen-bond acceptors (Lipinski definition) is 4. The standard InChI is InChI=1S/C13H17ClN2O3/c1-19-13(5-2-6-13)9-15-8-10-7-11(16(17)18)3-4-12(10)14/h3-4,7,15H,2,5-6,8-9H2,1H3. The zero-order chi connectivity index (χ0) is 13.9. The molecule has 0 radical (unpaired) electrons. The maximum absolute atomic E-state index is 10.7. The zero-order valence-electron chi connectivity index (χ0n) is 10.8. The molecule has 0 aliphatic heterocycles. The molecule has 1 fully saturated rings. The van der Waals surface area contributed by atoms with Gasteiger partial charge in [0.15, 0.2) is 0 Å². The van der Waals surface area contributed by atoms with Crippen molar-refractivity contribution in [1.82, 2.24) is 5.32 Å². The van der Waals surface area contributed by atoms with Crippen LogP contribution in [0, 0.1) is 10.1 Å². The summed E-state index contributed by atoms with van der Waals surface area (Å²) < 4.78 is 5.50. The topological polar surface area (TPSA) is 64.4 Å². The molecule has 2 rings (SSSR count). The lowest BCUT2D eigenvalue weighted by Crippen LogP contribution is -2.47. The fourth-order valence-corrected chi connectivity index (χ4v) is 2.44. The summed E-state index contributed by atoms with van der Waals surface area (Å²) in [6.45, 7) is 1.24. The van der Waals surface area contributed by atoms with E-state index in [0.717, 1.165) is 24.9 Å². The number of non-ortho nitro benzene ring substituents is 1. The molecule has 0 spiro atoms. The fraction of sp³-hybridized carbons (Fsp3) is 0.538. The van der Waals surface area contributed by atoms with Gasteiger partial charge < -0.3 is 10.1 Å². The molecule has 0 heterocycles. The van der Waals surface area contributed by atoms with Gasteiger partial charge in [0.25, 0.3) is 5.69 Å². The summed E-state index contributed by atoms with van der Waals surface area (Å²) in [4.78, 5) is 10.3. The van der Waals surface area contributed by atoms with E-state index >= 15 is 0 Å². The third-order valence-electron chi connectivity index (χ3n) is 3.70. The second-order valence-corrected chi connectivity index (χ2v) is 5.28. The highest BCUT2D eigenvalue weighted by molar-refractivity contribution is 6.31. The number of ether oxygens (including phenoxy) is 1. The molecule has 0 unspecified atom stereocenters. The summed E-state index contributed by atoms with van der Waals surface area (Å²) in [5.74, 6) is 0. The monoisotopic (exact) mass is 284 g/mol. The van der Waals surface area contributed by atoms with Gasteiger partial charge in [0, 0.05) is 37.4 Å². The minimum atomic E-state index is -0.414. The van der Waals surface area contributed by atoms with E-state index in [1.807, 2.05) is 0 Å². The van der Waals surface area contributed by atoms with Crippen LogP contribution in [-0.4, -0.2) is 24.2 Å². The van der Waals surface area contributed by atoms with E-state index in [1.54, 1.807) is 13.2 Å². The molecule has 0 atom stereocenters. The second kappa shape index (κ2) is 5.86. The first-order valence-corrected chi connectivity index (χ1v) is 6.63. The Labute approximate surface area is 117 Å². The number of nitrogens with zero attached hydrogens (tertiary/aromatic N) is 1. The van der Waals surface area contributed by atoms with Crippen LogP contribution < -0.4 is 5.32 Å². The van der Waals surface area contributed by atoms with E-state index in [1.165, 1.54) is 18.6 Å². The minimum absolute atomic E-state index is 0.0614. The molecule has 1 aromatic carbocycles. The molecular formula is C13H17ClN2O3. The van der Waals surface area contributed by atoms with Crippen molar-refractivity contribution in [2.24, 2.45) is 0 Å². The van der Waals surface area contributed by atoms with Gasteiger partial charge in [0.1, 0.15) is 0 Å². The molecule has 19 heavy (non-hydrogen) atoms. The van der Waals surface area contributed by atoms with Gasteiger partial charge in [-0.25, -0.2) is 0 Å². The van der Waals surface area contributed by atoms with Crippen LogP contribution in [0.1, 0.15) is 24.8 Å². The van der Waals surface area contributed by atoms with E-state index in [4.69, 9.17) is 16.3 Å². The molecule has 0 saturated heterocycles. The Morgan fingerprint density at radius 3 is 2.79 bits per heavy atom. The first kappa shape index (κ1) is 14.2. The van der Waals surface area contributed by atoms with Crippen LogP contribution in [-0.2, 0) is 11.3 Å². The predicted octanol–water partition coefficient (Wildman–Crippen LogP) is 2.91. The molecule has 1 saturated carbocycles. The SMILES string of the molecule is COC1(CNCc2cc([N+](=O)[O-])ccc2Cl)CCC1. The van der Waals surface area contributed by atoms with E-state index in [0.29, 0.717) is 11.6 Å². The van der Waals surface area contributed by atoms with E-state index in [2.05, 4.69) is 5.32 Å². The van der Waals surface area contributed by atoms with Gasteiger partial charge in [-0.3, -0.25) is 10.1 Å². The van der Waals surface area contributed by atoms with Crippen molar-refractivity contribution >= 4 is 17.3 Å². The fourth-order valence-electron chi connectivity index (χ4n) is 2.26. The van der Waals surface area contributed by atoms with Gasteiger partial charge in [-0.05, 0) is 30.9 Å². The quantitative estimate of drug-likeness (QED) is 0.644. The maximum Gasteiger partial charge on any atom is 0.269 e. The largest absolute Gasteiger partial charge is 0.377 e. The molecule has 0 bridgehead atoms. The van der Waals surface area contributed by atoms with E-state index in [-0.39, 0.29) is 11.3 Å². The molecule has 5 nitrogen and oxygen atoms in total. The molecule has 0 aromatic heterocycles. The second-order valence-electron chi connectivity index (χ2n) is 4.88. The molecule has 1 N–H and O–H groups in total. The van der Waals surface area contributed by atoms with Crippen LogP contribution in [0.25, 0.3) is 0 Å². The van der Waals surface area contributed by atoms with Crippen LogP contribution in [0.15, 0.2) is 18.2 Å². The van der Waals surface area contributed by atoms with Gasteiger partial charge in [-0.15, -0.1) is 0 Å². The van der Waals surface area contributed by atoms with Crippen molar-refractivity contribution in [3.63, 3.8) is 0 Å². The number of nitro groups is 1. The number of methoxy groups -OCH3 is 1. The van der Waals surface area contributed by atoms with Gasteiger partial charge >= 0.3 is 0 Å². The number of benzene rings is 1. The van der Waals surface area contributed by atoms with Crippen molar-refractivity contribution < 1.29 is 9.66 Å². The normalized spacial score (nSPS) is 16.9. The zero-order valence-corrected chi connectivity index (χ0v) is 11.6. The van der Waals surface area contributed by atoms with Crippen molar-refractivity contribution in [2.45, 2.75) is 31.4 Å². The van der Waals surface area contributed by atoms with Gasteiger partial charge in [0.05, 0.1) is 10.5 Å². The van der Waals surface area contributed by atoms with Gasteiger partial charge in [0.2, 0.25) is 0 Å². The Bertz CT molecular complexity index is 469.